The van der Waals surface area contributed by atoms with Crippen LogP contribution in [0, 0.1) is 5.92 Å². The molecule has 1 heteroatoms. The van der Waals surface area contributed by atoms with Crippen LogP contribution in [0.15, 0.2) is 0 Å². The smallest absolute Gasteiger partial charge is 0.00952 e. The third kappa shape index (κ3) is 2.73. The van der Waals surface area contributed by atoms with E-state index in [0.29, 0.717) is 0 Å². The van der Waals surface area contributed by atoms with Crippen molar-refractivity contribution in [1.82, 2.24) is 5.32 Å². The molecule has 0 unspecified atom stereocenters. The Morgan fingerprint density at radius 2 is 1.50 bits per heavy atom. The number of nitrogens with one attached hydrogen (secondary N) is 1. The Balaban J connectivity index is 1.77. The second kappa shape index (κ2) is 5.16. The Morgan fingerprint density at radius 3 is 2.07 bits per heavy atom. The topological polar surface area (TPSA) is 12.0 Å². The van der Waals surface area contributed by atoms with Gasteiger partial charge in [-0.25, -0.2) is 0 Å². The summed E-state index contributed by atoms with van der Waals surface area (Å²) in [6.45, 7) is 2.42. The number of hydrogen-bond donors (Lipinski definition) is 1. The van der Waals surface area contributed by atoms with Crippen LogP contribution in [-0.4, -0.2) is 12.1 Å². The fraction of sp³-hybridized carbons (Fsp3) is 1.00. The minimum absolute atomic E-state index is 0.845. The van der Waals surface area contributed by atoms with E-state index in [9.17, 15) is 0 Å². The number of rotatable bonds is 2. The molecule has 0 bridgehead atoms. The zero-order valence-corrected chi connectivity index (χ0v) is 9.60. The molecule has 0 saturated heterocycles. The first kappa shape index (κ1) is 10.5. The summed E-state index contributed by atoms with van der Waals surface area (Å²) in [6, 6.07) is 1.70. The first-order valence-corrected chi connectivity index (χ1v) is 6.62. The second-order valence-corrected chi connectivity index (χ2v) is 5.37. The van der Waals surface area contributed by atoms with Crippen LogP contribution in [0.4, 0.5) is 0 Å². The number of hydrogen-bond acceptors (Lipinski definition) is 1. The summed E-state index contributed by atoms with van der Waals surface area (Å²) >= 11 is 0. The molecule has 2 atom stereocenters. The van der Waals surface area contributed by atoms with Crippen molar-refractivity contribution in [3.63, 3.8) is 0 Å². The predicted molar refractivity (Wildman–Crippen MR) is 61.4 cm³/mol. The van der Waals surface area contributed by atoms with Crippen molar-refractivity contribution in [2.24, 2.45) is 5.92 Å². The summed E-state index contributed by atoms with van der Waals surface area (Å²) in [6.07, 6.45) is 13.0. The minimum atomic E-state index is 0.845. The molecule has 2 fully saturated rings. The first-order valence-electron chi connectivity index (χ1n) is 6.62. The van der Waals surface area contributed by atoms with Crippen LogP contribution in [0.25, 0.3) is 0 Å². The summed E-state index contributed by atoms with van der Waals surface area (Å²) in [4.78, 5) is 0. The lowest BCUT2D eigenvalue weighted by atomic mass is 10.0. The maximum Gasteiger partial charge on any atom is 0.00952 e. The fourth-order valence-corrected chi connectivity index (χ4v) is 3.14. The SMILES string of the molecule is C[C@H]1CCC[C@@H]1NC1CCCCCC1. The van der Waals surface area contributed by atoms with E-state index in [1.807, 2.05) is 0 Å². The summed E-state index contributed by atoms with van der Waals surface area (Å²) in [5.41, 5.74) is 0. The summed E-state index contributed by atoms with van der Waals surface area (Å²) in [5, 5.41) is 3.91. The van der Waals surface area contributed by atoms with E-state index in [0.717, 1.165) is 18.0 Å². The van der Waals surface area contributed by atoms with Gasteiger partial charge in [0.15, 0.2) is 0 Å². The lowest BCUT2D eigenvalue weighted by Gasteiger charge is -2.24. The fourth-order valence-electron chi connectivity index (χ4n) is 3.14. The van der Waals surface area contributed by atoms with Crippen LogP contribution < -0.4 is 5.32 Å². The van der Waals surface area contributed by atoms with E-state index in [1.165, 1.54) is 57.8 Å². The average molecular weight is 195 g/mol. The molecule has 0 radical (unpaired) electrons. The molecule has 0 heterocycles. The predicted octanol–water partition coefficient (Wildman–Crippen LogP) is 3.49. The molecule has 2 aliphatic carbocycles. The highest BCUT2D eigenvalue weighted by molar-refractivity contribution is 4.84. The van der Waals surface area contributed by atoms with Crippen molar-refractivity contribution in [3.8, 4) is 0 Å². The minimum Gasteiger partial charge on any atom is -0.311 e. The second-order valence-electron chi connectivity index (χ2n) is 5.37. The van der Waals surface area contributed by atoms with Gasteiger partial charge in [-0.05, 0) is 31.6 Å². The Labute approximate surface area is 88.7 Å². The molecule has 14 heavy (non-hydrogen) atoms. The van der Waals surface area contributed by atoms with Crippen molar-refractivity contribution in [1.29, 1.82) is 0 Å². The Hall–Kier alpha value is -0.0400. The molecule has 0 aromatic carbocycles. The average Bonchev–Trinajstić information content (AvgIpc) is 2.44. The highest BCUT2D eigenvalue weighted by Crippen LogP contribution is 2.27. The van der Waals surface area contributed by atoms with Crippen molar-refractivity contribution in [3.05, 3.63) is 0 Å². The lowest BCUT2D eigenvalue weighted by molar-refractivity contribution is 0.349. The molecule has 2 rings (SSSR count). The van der Waals surface area contributed by atoms with Gasteiger partial charge in [0.25, 0.3) is 0 Å². The molecule has 0 aliphatic heterocycles. The van der Waals surface area contributed by atoms with Gasteiger partial charge in [-0.3, -0.25) is 0 Å². The Kier molecular flexibility index (Phi) is 3.86. The Bertz CT molecular complexity index is 159. The quantitative estimate of drug-likeness (QED) is 0.665. The molecule has 1 N–H and O–H groups in total. The molecule has 0 aromatic rings. The zero-order valence-electron chi connectivity index (χ0n) is 9.60. The molecule has 0 aromatic heterocycles. The van der Waals surface area contributed by atoms with Gasteiger partial charge in [0.05, 0.1) is 0 Å². The third-order valence-corrected chi connectivity index (χ3v) is 4.17. The molecular formula is C13H25N. The molecule has 1 nitrogen and oxygen atoms in total. The van der Waals surface area contributed by atoms with Gasteiger partial charge in [-0.1, -0.05) is 39.0 Å². The van der Waals surface area contributed by atoms with Crippen LogP contribution >= 0.6 is 0 Å². The van der Waals surface area contributed by atoms with Crippen molar-refractivity contribution < 1.29 is 0 Å². The van der Waals surface area contributed by atoms with Crippen molar-refractivity contribution in [2.75, 3.05) is 0 Å². The van der Waals surface area contributed by atoms with Gasteiger partial charge in [-0.2, -0.15) is 0 Å². The van der Waals surface area contributed by atoms with Crippen LogP contribution in [0.2, 0.25) is 0 Å². The highest BCUT2D eigenvalue weighted by Gasteiger charge is 2.25. The van der Waals surface area contributed by atoms with Crippen LogP contribution in [-0.2, 0) is 0 Å². The monoisotopic (exact) mass is 195 g/mol. The van der Waals surface area contributed by atoms with Gasteiger partial charge >= 0.3 is 0 Å². The van der Waals surface area contributed by atoms with Gasteiger partial charge in [-0.15, -0.1) is 0 Å². The zero-order chi connectivity index (χ0) is 9.80. The van der Waals surface area contributed by atoms with Crippen molar-refractivity contribution in [2.45, 2.75) is 76.8 Å². The maximum absolute atomic E-state index is 3.91. The van der Waals surface area contributed by atoms with E-state index in [2.05, 4.69) is 12.2 Å². The molecule has 0 spiro atoms. The molecule has 2 aliphatic rings. The normalized spacial score (nSPS) is 35.8. The lowest BCUT2D eigenvalue weighted by Crippen LogP contribution is -2.39. The van der Waals surface area contributed by atoms with E-state index in [4.69, 9.17) is 0 Å². The first-order chi connectivity index (χ1) is 6.86. The molecular weight excluding hydrogens is 170 g/mol. The van der Waals surface area contributed by atoms with Crippen molar-refractivity contribution >= 4 is 0 Å². The largest absolute Gasteiger partial charge is 0.311 e. The highest BCUT2D eigenvalue weighted by atomic mass is 15.0. The van der Waals surface area contributed by atoms with Gasteiger partial charge < -0.3 is 5.32 Å². The van der Waals surface area contributed by atoms with E-state index in [1.54, 1.807) is 0 Å². The van der Waals surface area contributed by atoms with Gasteiger partial charge in [0.1, 0.15) is 0 Å². The molecule has 2 saturated carbocycles. The molecule has 0 amide bonds. The Morgan fingerprint density at radius 1 is 0.786 bits per heavy atom. The van der Waals surface area contributed by atoms with Crippen LogP contribution in [0.1, 0.15) is 64.7 Å². The van der Waals surface area contributed by atoms with E-state index >= 15 is 0 Å². The van der Waals surface area contributed by atoms with E-state index < -0.39 is 0 Å². The van der Waals surface area contributed by atoms with Gasteiger partial charge in [0, 0.05) is 12.1 Å². The van der Waals surface area contributed by atoms with Gasteiger partial charge in [0.2, 0.25) is 0 Å². The summed E-state index contributed by atoms with van der Waals surface area (Å²) in [7, 11) is 0. The standard InChI is InChI=1S/C13H25N/c1-11-7-6-10-13(11)14-12-8-4-2-3-5-9-12/h11-14H,2-10H2,1H3/t11-,13-/m0/s1. The summed E-state index contributed by atoms with van der Waals surface area (Å²) < 4.78 is 0. The van der Waals surface area contributed by atoms with Crippen LogP contribution in [0.3, 0.4) is 0 Å². The summed E-state index contributed by atoms with van der Waals surface area (Å²) in [5.74, 6) is 0.929. The molecule has 82 valence electrons. The van der Waals surface area contributed by atoms with E-state index in [-0.39, 0.29) is 0 Å². The third-order valence-electron chi connectivity index (χ3n) is 4.17. The van der Waals surface area contributed by atoms with Crippen LogP contribution in [0.5, 0.6) is 0 Å². The maximum atomic E-state index is 3.91.